The Hall–Kier alpha value is -4.33. The number of aliphatic hydroxyl groups excluding tert-OH is 1. The molecular formula is C24H17FN2O5. The molecule has 1 N–H and O–H groups in total. The molecule has 32 heavy (non-hydrogen) atoms. The molecule has 3 aromatic carbocycles. The number of aliphatic hydroxyl groups is 1. The van der Waals surface area contributed by atoms with Crippen LogP contribution in [-0.4, -0.2) is 21.7 Å². The number of aryl methyl sites for hydroxylation is 1. The maximum absolute atomic E-state index is 13.5. The summed E-state index contributed by atoms with van der Waals surface area (Å²) >= 11 is 0. The van der Waals surface area contributed by atoms with Gasteiger partial charge in [0.25, 0.3) is 17.4 Å². The Labute approximate surface area is 182 Å². The summed E-state index contributed by atoms with van der Waals surface area (Å²) in [5.41, 5.74) is 1.19. The Morgan fingerprint density at radius 2 is 1.72 bits per heavy atom. The maximum Gasteiger partial charge on any atom is 0.300 e. The third-order valence-electron chi connectivity index (χ3n) is 5.36. The summed E-state index contributed by atoms with van der Waals surface area (Å²) in [6, 6.07) is 16.3. The van der Waals surface area contributed by atoms with Gasteiger partial charge in [-0.3, -0.25) is 24.6 Å². The maximum atomic E-state index is 13.5. The second-order valence-corrected chi connectivity index (χ2v) is 7.31. The Kier molecular flexibility index (Phi) is 5.28. The molecule has 1 amide bonds. The van der Waals surface area contributed by atoms with Gasteiger partial charge in [-0.05, 0) is 42.3 Å². The second-order valence-electron chi connectivity index (χ2n) is 7.31. The third kappa shape index (κ3) is 3.51. The minimum atomic E-state index is -0.999. The number of Topliss-reactive ketones (excluding diaryl/α,β-unsaturated/α-hetero) is 1. The quantitative estimate of drug-likeness (QED) is 0.212. The average Bonchev–Trinajstić information content (AvgIpc) is 3.04. The van der Waals surface area contributed by atoms with Gasteiger partial charge in [0.15, 0.2) is 0 Å². The summed E-state index contributed by atoms with van der Waals surface area (Å²) < 4.78 is 13.5. The number of ketones is 1. The van der Waals surface area contributed by atoms with E-state index < -0.39 is 34.2 Å². The standard InChI is InChI=1S/C24H17FN2O5/c1-14-5-2-3-8-19(14)21-20(22(28)15-6-4-7-18(13-15)27(31)32)23(29)24(30)26(21)17-11-9-16(25)10-12-17/h2-13,21,28H,1H3/b22-20+. The van der Waals surface area contributed by atoms with Gasteiger partial charge >= 0.3 is 0 Å². The minimum absolute atomic E-state index is 0.0369. The Morgan fingerprint density at radius 3 is 2.38 bits per heavy atom. The summed E-state index contributed by atoms with van der Waals surface area (Å²) in [6.07, 6.45) is 0. The lowest BCUT2D eigenvalue weighted by molar-refractivity contribution is -0.384. The van der Waals surface area contributed by atoms with Crippen molar-refractivity contribution in [3.63, 3.8) is 0 Å². The molecule has 1 fully saturated rings. The van der Waals surface area contributed by atoms with Gasteiger partial charge in [0, 0.05) is 23.4 Å². The smallest absolute Gasteiger partial charge is 0.300 e. The van der Waals surface area contributed by atoms with Crippen molar-refractivity contribution in [2.45, 2.75) is 13.0 Å². The van der Waals surface area contributed by atoms with Gasteiger partial charge in [-0.25, -0.2) is 4.39 Å². The van der Waals surface area contributed by atoms with E-state index in [0.717, 1.165) is 11.6 Å². The van der Waals surface area contributed by atoms with Crippen LogP contribution in [0.5, 0.6) is 0 Å². The van der Waals surface area contributed by atoms with Crippen LogP contribution in [-0.2, 0) is 9.59 Å². The number of benzene rings is 3. The first-order chi connectivity index (χ1) is 15.3. The van der Waals surface area contributed by atoms with Crippen LogP contribution in [0.1, 0.15) is 22.7 Å². The molecule has 0 bridgehead atoms. The largest absolute Gasteiger partial charge is 0.507 e. The van der Waals surface area contributed by atoms with Crippen molar-refractivity contribution in [1.82, 2.24) is 0 Å². The molecule has 3 aromatic rings. The number of anilines is 1. The van der Waals surface area contributed by atoms with E-state index in [4.69, 9.17) is 0 Å². The zero-order valence-corrected chi connectivity index (χ0v) is 16.9. The van der Waals surface area contributed by atoms with Crippen LogP contribution >= 0.6 is 0 Å². The van der Waals surface area contributed by atoms with E-state index in [2.05, 4.69) is 0 Å². The number of hydrogen-bond donors (Lipinski definition) is 1. The second kappa shape index (κ2) is 8.07. The van der Waals surface area contributed by atoms with Crippen molar-refractivity contribution in [2.75, 3.05) is 4.90 Å². The molecule has 0 saturated carbocycles. The van der Waals surface area contributed by atoms with E-state index in [1.807, 2.05) is 0 Å². The van der Waals surface area contributed by atoms with Crippen LogP contribution in [0.4, 0.5) is 15.8 Å². The highest BCUT2D eigenvalue weighted by Gasteiger charge is 2.47. The fraction of sp³-hybridized carbons (Fsp3) is 0.0833. The Morgan fingerprint density at radius 1 is 1.03 bits per heavy atom. The summed E-state index contributed by atoms with van der Waals surface area (Å²) in [7, 11) is 0. The first-order valence-corrected chi connectivity index (χ1v) is 9.66. The predicted octanol–water partition coefficient (Wildman–Crippen LogP) is 4.67. The number of nitro groups is 1. The summed E-state index contributed by atoms with van der Waals surface area (Å²) in [4.78, 5) is 37.8. The predicted molar refractivity (Wildman–Crippen MR) is 115 cm³/mol. The number of non-ortho nitro benzene ring substituents is 1. The normalized spacial score (nSPS) is 17.6. The SMILES string of the molecule is Cc1ccccc1C1/C(=C(\O)c2cccc([N+](=O)[O-])c2)C(=O)C(=O)N1c1ccc(F)cc1. The van der Waals surface area contributed by atoms with Gasteiger partial charge in [0.2, 0.25) is 0 Å². The Bertz CT molecular complexity index is 1280. The number of nitrogens with zero attached hydrogens (tertiary/aromatic N) is 2. The topological polar surface area (TPSA) is 101 Å². The van der Waals surface area contributed by atoms with Crippen LogP contribution in [0.25, 0.3) is 5.76 Å². The van der Waals surface area contributed by atoms with Crippen LogP contribution in [0, 0.1) is 22.9 Å². The average molecular weight is 432 g/mol. The third-order valence-corrected chi connectivity index (χ3v) is 5.36. The summed E-state index contributed by atoms with van der Waals surface area (Å²) in [6.45, 7) is 1.80. The molecule has 0 spiro atoms. The molecule has 0 aliphatic carbocycles. The van der Waals surface area contributed by atoms with Crippen LogP contribution < -0.4 is 4.90 Å². The molecule has 8 heteroatoms. The highest BCUT2D eigenvalue weighted by atomic mass is 19.1. The molecule has 1 aliphatic heterocycles. The van der Waals surface area contributed by atoms with Crippen LogP contribution in [0.2, 0.25) is 0 Å². The van der Waals surface area contributed by atoms with E-state index in [1.54, 1.807) is 31.2 Å². The first kappa shape index (κ1) is 20.9. The highest BCUT2D eigenvalue weighted by molar-refractivity contribution is 6.51. The molecule has 160 valence electrons. The lowest BCUT2D eigenvalue weighted by Crippen LogP contribution is -2.29. The van der Waals surface area contributed by atoms with Gasteiger partial charge in [-0.1, -0.05) is 36.4 Å². The number of carbonyl (C=O) groups is 2. The van der Waals surface area contributed by atoms with Crippen molar-refractivity contribution < 1.29 is 24.0 Å². The minimum Gasteiger partial charge on any atom is -0.507 e. The van der Waals surface area contributed by atoms with Crippen molar-refractivity contribution in [3.8, 4) is 0 Å². The monoisotopic (exact) mass is 432 g/mol. The lowest BCUT2D eigenvalue weighted by Gasteiger charge is -2.26. The van der Waals surface area contributed by atoms with Gasteiger partial charge in [-0.15, -0.1) is 0 Å². The molecule has 1 saturated heterocycles. The number of carbonyl (C=O) groups excluding carboxylic acids is 2. The summed E-state index contributed by atoms with van der Waals surface area (Å²) in [5, 5.41) is 22.2. The van der Waals surface area contributed by atoms with Crippen LogP contribution in [0.15, 0.2) is 78.4 Å². The molecule has 0 radical (unpaired) electrons. The molecule has 7 nitrogen and oxygen atoms in total. The number of amides is 1. The van der Waals surface area contributed by atoms with Crippen LogP contribution in [0.3, 0.4) is 0 Å². The first-order valence-electron chi connectivity index (χ1n) is 9.66. The number of nitro benzene ring substituents is 1. The van der Waals surface area contributed by atoms with Crippen molar-refractivity contribution in [1.29, 1.82) is 0 Å². The number of rotatable bonds is 4. The fourth-order valence-electron chi connectivity index (χ4n) is 3.81. The lowest BCUT2D eigenvalue weighted by atomic mass is 9.92. The fourth-order valence-corrected chi connectivity index (χ4v) is 3.81. The van der Waals surface area contributed by atoms with Crippen molar-refractivity contribution in [2.24, 2.45) is 0 Å². The summed E-state index contributed by atoms with van der Waals surface area (Å²) in [5.74, 6) is -2.86. The molecule has 0 aromatic heterocycles. The van der Waals surface area contributed by atoms with Gasteiger partial charge in [-0.2, -0.15) is 0 Å². The van der Waals surface area contributed by atoms with Crippen molar-refractivity contribution >= 4 is 28.8 Å². The van der Waals surface area contributed by atoms with E-state index in [-0.39, 0.29) is 22.5 Å². The zero-order chi connectivity index (χ0) is 23.0. The number of hydrogen-bond acceptors (Lipinski definition) is 5. The molecule has 4 rings (SSSR count). The molecule has 1 heterocycles. The van der Waals surface area contributed by atoms with Gasteiger partial charge in [0.05, 0.1) is 16.5 Å². The Balaban J connectivity index is 1.97. The van der Waals surface area contributed by atoms with E-state index in [0.29, 0.717) is 5.56 Å². The van der Waals surface area contributed by atoms with Crippen molar-refractivity contribution in [3.05, 3.63) is 111 Å². The van der Waals surface area contributed by atoms with E-state index >= 15 is 0 Å². The number of halogens is 1. The molecular weight excluding hydrogens is 415 g/mol. The molecule has 1 aliphatic rings. The zero-order valence-electron chi connectivity index (χ0n) is 16.9. The molecule has 1 atom stereocenters. The van der Waals surface area contributed by atoms with E-state index in [9.17, 15) is 29.2 Å². The van der Waals surface area contributed by atoms with E-state index in [1.165, 1.54) is 47.4 Å². The molecule has 1 unspecified atom stereocenters. The van der Waals surface area contributed by atoms with Gasteiger partial charge < -0.3 is 5.11 Å². The highest BCUT2D eigenvalue weighted by Crippen LogP contribution is 2.43. The van der Waals surface area contributed by atoms with Gasteiger partial charge in [0.1, 0.15) is 11.6 Å².